The molecule has 0 aromatic heterocycles. The van der Waals surface area contributed by atoms with Gasteiger partial charge < -0.3 is 9.47 Å². The molecule has 0 fully saturated rings. The van der Waals surface area contributed by atoms with Crippen LogP contribution in [0.1, 0.15) is 5.56 Å². The second-order valence-corrected chi connectivity index (χ2v) is 2.91. The van der Waals surface area contributed by atoms with Gasteiger partial charge >= 0.3 is 5.97 Å². The van der Waals surface area contributed by atoms with Crippen LogP contribution in [0.5, 0.6) is 0 Å². The lowest BCUT2D eigenvalue weighted by atomic mass is 10.1. The summed E-state index contributed by atoms with van der Waals surface area (Å²) in [6, 6.07) is 9.31. The number of nitrogens with zero attached hydrogens (tertiary/aromatic N) is 1. The van der Waals surface area contributed by atoms with Crippen molar-refractivity contribution < 1.29 is 14.3 Å². The van der Waals surface area contributed by atoms with E-state index < -0.39 is 12.1 Å². The van der Waals surface area contributed by atoms with Gasteiger partial charge in [-0.25, -0.2) is 4.79 Å². The summed E-state index contributed by atoms with van der Waals surface area (Å²) in [6.07, 6.45) is 0.978. The van der Waals surface area contributed by atoms with E-state index in [9.17, 15) is 4.79 Å². The van der Waals surface area contributed by atoms with Crippen LogP contribution in [-0.4, -0.2) is 19.2 Å². The van der Waals surface area contributed by atoms with E-state index in [1.54, 1.807) is 0 Å². The van der Waals surface area contributed by atoms with Crippen LogP contribution >= 0.6 is 0 Å². The minimum Gasteiger partial charge on any atom is -0.466 e. The van der Waals surface area contributed by atoms with Crippen LogP contribution in [0.15, 0.2) is 30.3 Å². The van der Waals surface area contributed by atoms with Gasteiger partial charge in [0.25, 0.3) is 6.26 Å². The van der Waals surface area contributed by atoms with Crippen LogP contribution in [0, 0.1) is 11.5 Å². The third-order valence-electron chi connectivity index (χ3n) is 1.92. The molecule has 0 aliphatic carbocycles. The topological polar surface area (TPSA) is 59.3 Å². The molecule has 0 aliphatic heterocycles. The van der Waals surface area contributed by atoms with Crippen molar-refractivity contribution in [2.45, 2.75) is 12.5 Å². The van der Waals surface area contributed by atoms with Crippen molar-refractivity contribution in [1.82, 2.24) is 0 Å². The molecule has 1 aromatic rings. The molecule has 0 amide bonds. The normalized spacial score (nSPS) is 11.2. The summed E-state index contributed by atoms with van der Waals surface area (Å²) in [6.45, 7) is 0. The van der Waals surface area contributed by atoms with Crippen molar-refractivity contribution in [2.75, 3.05) is 7.11 Å². The molecule has 4 heteroatoms. The monoisotopic (exact) mass is 205 g/mol. The summed E-state index contributed by atoms with van der Waals surface area (Å²) in [7, 11) is 1.26. The van der Waals surface area contributed by atoms with Crippen LogP contribution in [-0.2, 0) is 20.7 Å². The summed E-state index contributed by atoms with van der Waals surface area (Å²) in [5.74, 6) is -0.541. The summed E-state index contributed by atoms with van der Waals surface area (Å²) in [5, 5.41) is 8.38. The number of benzene rings is 1. The number of hydrogen-bond donors (Lipinski definition) is 0. The first-order valence-electron chi connectivity index (χ1n) is 4.44. The lowest BCUT2D eigenvalue weighted by Gasteiger charge is -2.10. The maximum absolute atomic E-state index is 11.2. The van der Waals surface area contributed by atoms with Crippen molar-refractivity contribution >= 4 is 5.97 Å². The smallest absolute Gasteiger partial charge is 0.348 e. The van der Waals surface area contributed by atoms with Crippen LogP contribution in [0.4, 0.5) is 0 Å². The van der Waals surface area contributed by atoms with E-state index in [1.165, 1.54) is 13.4 Å². The molecule has 4 nitrogen and oxygen atoms in total. The molecule has 0 bridgehead atoms. The Morgan fingerprint density at radius 3 is 2.67 bits per heavy atom. The first-order chi connectivity index (χ1) is 7.27. The van der Waals surface area contributed by atoms with E-state index in [0.717, 1.165) is 5.56 Å². The van der Waals surface area contributed by atoms with Gasteiger partial charge in [-0.15, -0.1) is 0 Å². The molecule has 0 spiro atoms. The minimum atomic E-state index is -0.859. The number of carbonyl (C=O) groups excluding carboxylic acids is 1. The van der Waals surface area contributed by atoms with Crippen molar-refractivity contribution in [1.29, 1.82) is 5.26 Å². The number of esters is 1. The van der Waals surface area contributed by atoms with Gasteiger partial charge in [0.15, 0.2) is 0 Å². The Kier molecular flexibility index (Phi) is 4.17. The molecule has 78 valence electrons. The fourth-order valence-electron chi connectivity index (χ4n) is 1.20. The fraction of sp³-hybridized carbons (Fsp3) is 0.273. The highest BCUT2D eigenvalue weighted by atomic mass is 16.6. The Labute approximate surface area is 88.0 Å². The minimum absolute atomic E-state index is 0.334. The Bertz CT molecular complexity index is 356. The molecule has 1 rings (SSSR count). The fourth-order valence-corrected chi connectivity index (χ4v) is 1.20. The summed E-state index contributed by atoms with van der Waals surface area (Å²) < 4.78 is 9.15. The Hall–Kier alpha value is -2.02. The van der Waals surface area contributed by atoms with E-state index in [-0.39, 0.29) is 0 Å². The van der Waals surface area contributed by atoms with Crippen molar-refractivity contribution in [3.05, 3.63) is 35.9 Å². The van der Waals surface area contributed by atoms with Crippen LogP contribution in [0.3, 0.4) is 0 Å². The van der Waals surface area contributed by atoms with E-state index in [0.29, 0.717) is 6.42 Å². The van der Waals surface area contributed by atoms with Gasteiger partial charge in [0.2, 0.25) is 6.10 Å². The van der Waals surface area contributed by atoms with Crippen molar-refractivity contribution in [2.24, 2.45) is 0 Å². The third-order valence-corrected chi connectivity index (χ3v) is 1.92. The van der Waals surface area contributed by atoms with Gasteiger partial charge in [-0.3, -0.25) is 0 Å². The van der Waals surface area contributed by atoms with Crippen LogP contribution in [0.25, 0.3) is 0 Å². The molecule has 0 aliphatic rings. The number of methoxy groups -OCH3 is 1. The molecule has 0 saturated heterocycles. The molecular weight excluding hydrogens is 194 g/mol. The molecular formula is C11H11NO3. The predicted octanol–water partition coefficient (Wildman–Crippen LogP) is 1.27. The summed E-state index contributed by atoms with van der Waals surface area (Å²) in [5.41, 5.74) is 0.920. The number of carbonyl (C=O) groups is 1. The largest absolute Gasteiger partial charge is 0.466 e. The van der Waals surface area contributed by atoms with Gasteiger partial charge in [0.05, 0.1) is 7.11 Å². The van der Waals surface area contributed by atoms with E-state index in [4.69, 9.17) is 5.26 Å². The molecule has 0 heterocycles. The highest BCUT2D eigenvalue weighted by Gasteiger charge is 2.20. The first kappa shape index (κ1) is 11.1. The molecule has 0 N–H and O–H groups in total. The number of ether oxygens (including phenoxy) is 2. The van der Waals surface area contributed by atoms with Gasteiger partial charge in [-0.1, -0.05) is 30.3 Å². The van der Waals surface area contributed by atoms with Crippen LogP contribution in [0.2, 0.25) is 0 Å². The number of nitriles is 1. The molecule has 1 aromatic carbocycles. The summed E-state index contributed by atoms with van der Waals surface area (Å²) in [4.78, 5) is 11.2. The molecule has 0 radical (unpaired) electrons. The molecule has 1 unspecified atom stereocenters. The highest BCUT2D eigenvalue weighted by molar-refractivity contribution is 5.75. The lowest BCUT2D eigenvalue weighted by Crippen LogP contribution is -2.26. The third kappa shape index (κ3) is 3.31. The average molecular weight is 205 g/mol. The quantitative estimate of drug-likeness (QED) is 0.548. The standard InChI is InChI=1S/C11H11NO3/c1-14-11(13)10(15-8-12)7-9-5-3-2-4-6-9/h2-6,10H,7H2,1H3. The van der Waals surface area contributed by atoms with E-state index in [1.807, 2.05) is 30.3 Å². The maximum Gasteiger partial charge on any atom is 0.348 e. The van der Waals surface area contributed by atoms with Gasteiger partial charge in [0.1, 0.15) is 0 Å². The van der Waals surface area contributed by atoms with Gasteiger partial charge in [-0.05, 0) is 5.56 Å². The van der Waals surface area contributed by atoms with Crippen molar-refractivity contribution in [3.8, 4) is 6.26 Å². The van der Waals surface area contributed by atoms with E-state index in [2.05, 4.69) is 9.47 Å². The van der Waals surface area contributed by atoms with Gasteiger partial charge in [0, 0.05) is 6.42 Å². The Balaban J connectivity index is 2.68. The predicted molar refractivity (Wildman–Crippen MR) is 52.6 cm³/mol. The number of rotatable bonds is 4. The Morgan fingerprint density at radius 2 is 2.13 bits per heavy atom. The SMILES string of the molecule is COC(=O)C(Cc1ccccc1)OC#N. The zero-order chi connectivity index (χ0) is 11.1. The second-order valence-electron chi connectivity index (χ2n) is 2.91. The zero-order valence-electron chi connectivity index (χ0n) is 8.34. The summed E-state index contributed by atoms with van der Waals surface area (Å²) >= 11 is 0. The second kappa shape index (κ2) is 5.66. The first-order valence-corrected chi connectivity index (χ1v) is 4.44. The molecule has 1 atom stereocenters. The average Bonchev–Trinajstić information content (AvgIpc) is 2.29. The molecule has 15 heavy (non-hydrogen) atoms. The number of hydrogen-bond acceptors (Lipinski definition) is 4. The Morgan fingerprint density at radius 1 is 1.47 bits per heavy atom. The maximum atomic E-state index is 11.2. The van der Waals surface area contributed by atoms with Crippen LogP contribution < -0.4 is 0 Å². The zero-order valence-corrected chi connectivity index (χ0v) is 8.34. The lowest BCUT2D eigenvalue weighted by molar-refractivity contribution is -0.150. The van der Waals surface area contributed by atoms with E-state index >= 15 is 0 Å². The van der Waals surface area contributed by atoms with Gasteiger partial charge in [-0.2, -0.15) is 5.26 Å². The van der Waals surface area contributed by atoms with Crippen molar-refractivity contribution in [3.63, 3.8) is 0 Å². The highest BCUT2D eigenvalue weighted by Crippen LogP contribution is 2.06. The molecule has 0 saturated carbocycles.